The van der Waals surface area contributed by atoms with E-state index in [0.717, 1.165) is 0 Å². The molecule has 0 rings (SSSR count). The van der Waals surface area contributed by atoms with E-state index in [1.807, 2.05) is 6.92 Å². The minimum Gasteiger partial charge on any atom is -0.457 e. The lowest BCUT2D eigenvalue weighted by atomic mass is 10.2. The molecule has 0 unspecified atom stereocenters. The molecule has 5 heteroatoms. The summed E-state index contributed by atoms with van der Waals surface area (Å²) in [6.07, 6.45) is 1.52. The molecule has 0 aromatic rings. The lowest BCUT2D eigenvalue weighted by Gasteiger charge is -2.39. The van der Waals surface area contributed by atoms with Crippen LogP contribution in [0.2, 0.25) is 18.1 Å². The van der Waals surface area contributed by atoms with Gasteiger partial charge in [0.25, 0.3) is 0 Å². The van der Waals surface area contributed by atoms with Gasteiger partial charge in [-0.25, -0.2) is 4.79 Å². The summed E-state index contributed by atoms with van der Waals surface area (Å²) < 4.78 is 11.2. The normalized spacial score (nSPS) is 16.9. The number of carbonyl (C=O) groups excluding carboxylic acids is 1. The summed E-state index contributed by atoms with van der Waals surface area (Å²) in [4.78, 5) is 11.6. The standard InChI is InChI=1S/C16H32O4Si/c1-12(20-21(8,9)16(5,6)7)13(17)10-11-14(18)19-15(2,3)4/h10-13,17H,1-9H3/b11-10+/t12-,13-/m0/s1. The molecule has 21 heavy (non-hydrogen) atoms. The van der Waals surface area contributed by atoms with E-state index in [0.29, 0.717) is 0 Å². The van der Waals surface area contributed by atoms with E-state index >= 15 is 0 Å². The monoisotopic (exact) mass is 316 g/mol. The van der Waals surface area contributed by atoms with Crippen molar-refractivity contribution in [2.24, 2.45) is 0 Å². The van der Waals surface area contributed by atoms with E-state index in [1.165, 1.54) is 12.2 Å². The van der Waals surface area contributed by atoms with Gasteiger partial charge in [0.2, 0.25) is 0 Å². The summed E-state index contributed by atoms with van der Waals surface area (Å²) in [5.41, 5.74) is -0.532. The van der Waals surface area contributed by atoms with Crippen LogP contribution < -0.4 is 0 Å². The first-order valence-corrected chi connectivity index (χ1v) is 10.3. The average molecular weight is 317 g/mol. The fraction of sp³-hybridized carbons (Fsp3) is 0.812. The Bertz CT molecular complexity index is 375. The molecule has 0 spiro atoms. The van der Waals surface area contributed by atoms with Crippen LogP contribution in [-0.2, 0) is 14.0 Å². The largest absolute Gasteiger partial charge is 0.457 e. The summed E-state index contributed by atoms with van der Waals surface area (Å²) >= 11 is 0. The van der Waals surface area contributed by atoms with E-state index in [1.54, 1.807) is 20.8 Å². The Hall–Kier alpha value is -0.653. The molecule has 0 aromatic carbocycles. The lowest BCUT2D eigenvalue weighted by molar-refractivity contribution is -0.148. The van der Waals surface area contributed by atoms with Crippen LogP contribution >= 0.6 is 0 Å². The van der Waals surface area contributed by atoms with Crippen LogP contribution in [0.25, 0.3) is 0 Å². The molecule has 0 aliphatic carbocycles. The zero-order valence-electron chi connectivity index (χ0n) is 15.0. The Morgan fingerprint density at radius 3 is 2.00 bits per heavy atom. The molecule has 0 bridgehead atoms. The zero-order valence-corrected chi connectivity index (χ0v) is 16.0. The number of rotatable bonds is 5. The van der Waals surface area contributed by atoms with Crippen LogP contribution in [0.3, 0.4) is 0 Å². The summed E-state index contributed by atoms with van der Waals surface area (Å²) in [7, 11) is -1.94. The summed E-state index contributed by atoms with van der Waals surface area (Å²) in [6.45, 7) is 17.9. The van der Waals surface area contributed by atoms with Crippen LogP contribution in [0.5, 0.6) is 0 Å². The number of aliphatic hydroxyl groups is 1. The average Bonchev–Trinajstić information content (AvgIpc) is 2.21. The van der Waals surface area contributed by atoms with Crippen molar-refractivity contribution < 1.29 is 19.1 Å². The summed E-state index contributed by atoms with van der Waals surface area (Å²) in [5.74, 6) is -0.457. The third kappa shape index (κ3) is 7.78. The Morgan fingerprint density at radius 2 is 1.62 bits per heavy atom. The van der Waals surface area contributed by atoms with Crippen molar-refractivity contribution in [1.82, 2.24) is 0 Å². The number of aliphatic hydroxyl groups excluding tert-OH is 1. The maximum absolute atomic E-state index is 11.6. The maximum Gasteiger partial charge on any atom is 0.331 e. The molecule has 1 N–H and O–H groups in total. The smallest absolute Gasteiger partial charge is 0.331 e. The number of carbonyl (C=O) groups is 1. The van der Waals surface area contributed by atoms with Gasteiger partial charge in [0, 0.05) is 6.08 Å². The van der Waals surface area contributed by atoms with Gasteiger partial charge in [-0.05, 0) is 51.9 Å². The van der Waals surface area contributed by atoms with Crippen molar-refractivity contribution in [2.45, 2.75) is 84.4 Å². The molecule has 0 saturated carbocycles. The van der Waals surface area contributed by atoms with E-state index < -0.39 is 26.0 Å². The highest BCUT2D eigenvalue weighted by molar-refractivity contribution is 6.74. The Balaban J connectivity index is 4.60. The van der Waals surface area contributed by atoms with E-state index in [9.17, 15) is 9.90 Å². The quantitative estimate of drug-likeness (QED) is 0.478. The summed E-state index contributed by atoms with van der Waals surface area (Å²) in [6, 6.07) is 0. The van der Waals surface area contributed by atoms with Gasteiger partial charge < -0.3 is 14.3 Å². The van der Waals surface area contributed by atoms with Gasteiger partial charge in [-0.2, -0.15) is 0 Å². The number of hydrogen-bond acceptors (Lipinski definition) is 4. The van der Waals surface area contributed by atoms with Crippen molar-refractivity contribution in [3.05, 3.63) is 12.2 Å². The molecule has 0 aliphatic rings. The van der Waals surface area contributed by atoms with Crippen LogP contribution in [0.15, 0.2) is 12.2 Å². The molecule has 0 fully saturated rings. The molecule has 0 amide bonds. The van der Waals surface area contributed by atoms with Gasteiger partial charge in [0.05, 0.1) is 12.2 Å². The van der Waals surface area contributed by atoms with Crippen molar-refractivity contribution >= 4 is 14.3 Å². The molecule has 0 aliphatic heterocycles. The second-order valence-corrected chi connectivity index (χ2v) is 12.7. The molecule has 0 aromatic heterocycles. The molecule has 0 radical (unpaired) electrons. The van der Waals surface area contributed by atoms with E-state index in [2.05, 4.69) is 33.9 Å². The van der Waals surface area contributed by atoms with Crippen LogP contribution in [0.4, 0.5) is 0 Å². The van der Waals surface area contributed by atoms with E-state index in [-0.39, 0.29) is 11.1 Å². The fourth-order valence-electron chi connectivity index (χ4n) is 1.38. The molecular weight excluding hydrogens is 284 g/mol. The summed E-state index contributed by atoms with van der Waals surface area (Å²) in [5, 5.41) is 10.2. The molecule has 0 heterocycles. The van der Waals surface area contributed by atoms with Crippen molar-refractivity contribution in [1.29, 1.82) is 0 Å². The van der Waals surface area contributed by atoms with Crippen molar-refractivity contribution in [3.63, 3.8) is 0 Å². The lowest BCUT2D eigenvalue weighted by Crippen LogP contribution is -2.45. The molecule has 4 nitrogen and oxygen atoms in total. The third-order valence-electron chi connectivity index (χ3n) is 3.60. The van der Waals surface area contributed by atoms with Gasteiger partial charge in [-0.15, -0.1) is 0 Å². The Labute approximate surface area is 130 Å². The van der Waals surface area contributed by atoms with Crippen LogP contribution in [0, 0.1) is 0 Å². The fourth-order valence-corrected chi connectivity index (χ4v) is 2.80. The first-order chi connectivity index (χ1) is 9.16. The van der Waals surface area contributed by atoms with Crippen molar-refractivity contribution in [3.8, 4) is 0 Å². The van der Waals surface area contributed by atoms with Crippen LogP contribution in [-0.4, -0.2) is 37.2 Å². The topological polar surface area (TPSA) is 55.8 Å². The molecular formula is C16H32O4Si. The number of esters is 1. The predicted octanol–water partition coefficient (Wildman–Crippen LogP) is 3.66. The number of ether oxygens (including phenoxy) is 1. The molecule has 2 atom stereocenters. The van der Waals surface area contributed by atoms with Gasteiger partial charge in [-0.1, -0.05) is 20.8 Å². The van der Waals surface area contributed by atoms with Gasteiger partial charge in [0.15, 0.2) is 8.32 Å². The van der Waals surface area contributed by atoms with Gasteiger partial charge >= 0.3 is 5.97 Å². The highest BCUT2D eigenvalue weighted by Gasteiger charge is 2.39. The van der Waals surface area contributed by atoms with Crippen LogP contribution in [0.1, 0.15) is 48.5 Å². The van der Waals surface area contributed by atoms with Crippen molar-refractivity contribution in [2.75, 3.05) is 0 Å². The predicted molar refractivity (Wildman–Crippen MR) is 88.7 cm³/mol. The van der Waals surface area contributed by atoms with Gasteiger partial charge in [0.1, 0.15) is 5.60 Å². The minimum absolute atomic E-state index is 0.0792. The zero-order chi connectivity index (χ0) is 17.1. The first-order valence-electron chi connectivity index (χ1n) is 7.43. The SMILES string of the molecule is C[C@H](O[Si](C)(C)C(C)(C)C)[C@@H](O)/C=C/C(=O)OC(C)(C)C. The number of hydrogen-bond donors (Lipinski definition) is 1. The van der Waals surface area contributed by atoms with E-state index in [4.69, 9.17) is 9.16 Å². The van der Waals surface area contributed by atoms with Gasteiger partial charge in [-0.3, -0.25) is 0 Å². The molecule has 124 valence electrons. The first kappa shape index (κ1) is 20.3. The maximum atomic E-state index is 11.6. The Morgan fingerprint density at radius 1 is 1.14 bits per heavy atom. The second kappa shape index (κ2) is 7.07. The second-order valence-electron chi connectivity index (χ2n) is 7.97. The Kier molecular flexibility index (Phi) is 6.85. The highest BCUT2D eigenvalue weighted by Crippen LogP contribution is 2.37. The minimum atomic E-state index is -1.94. The molecule has 0 saturated heterocycles. The highest BCUT2D eigenvalue weighted by atomic mass is 28.4. The third-order valence-corrected chi connectivity index (χ3v) is 8.18.